The Kier molecular flexibility index (Phi) is 9.35. The molecule has 0 aliphatic heterocycles. The van der Waals surface area contributed by atoms with Gasteiger partial charge in [-0.1, -0.05) is 0 Å². The van der Waals surface area contributed by atoms with E-state index in [9.17, 15) is 13.2 Å². The molecule has 0 bridgehead atoms. The van der Waals surface area contributed by atoms with Crippen molar-refractivity contribution < 1.29 is 17.9 Å². The number of likely N-dealkylation sites (N-methyl/N-ethyl adjacent to an activating group) is 2. The van der Waals surface area contributed by atoms with Crippen molar-refractivity contribution in [2.24, 2.45) is 0 Å². The van der Waals surface area contributed by atoms with Crippen LogP contribution in [0.3, 0.4) is 0 Å². The first kappa shape index (κ1) is 17.6. The van der Waals surface area contributed by atoms with Crippen molar-refractivity contribution in [3.63, 3.8) is 0 Å². The number of halogens is 3. The van der Waals surface area contributed by atoms with E-state index >= 15 is 0 Å². The Morgan fingerprint density at radius 2 is 1.67 bits per heavy atom. The number of rotatable bonds is 10. The first-order valence-electron chi connectivity index (χ1n) is 6.01. The van der Waals surface area contributed by atoms with E-state index in [0.717, 1.165) is 6.54 Å². The van der Waals surface area contributed by atoms with Gasteiger partial charge in [0.1, 0.15) is 0 Å². The third kappa shape index (κ3) is 12.1. The maximum absolute atomic E-state index is 12.3. The lowest BCUT2D eigenvalue weighted by molar-refractivity contribution is -0.147. The smallest absolute Gasteiger partial charge is 0.379 e. The molecule has 0 unspecified atom stereocenters. The van der Waals surface area contributed by atoms with Crippen LogP contribution in [0.1, 0.15) is 0 Å². The van der Waals surface area contributed by atoms with E-state index in [2.05, 4.69) is 5.32 Å². The Hall–Kier alpha value is -0.370. The fourth-order valence-corrected chi connectivity index (χ4v) is 1.34. The fraction of sp³-hybridized carbons (Fsp3) is 1.00. The lowest BCUT2D eigenvalue weighted by Gasteiger charge is -2.23. The molecular formula is C11H24F3N3O. The van der Waals surface area contributed by atoms with Crippen LogP contribution < -0.4 is 5.32 Å². The normalized spacial score (nSPS) is 12.7. The van der Waals surface area contributed by atoms with Crippen LogP contribution >= 0.6 is 0 Å². The Morgan fingerprint density at radius 1 is 1.06 bits per heavy atom. The molecule has 110 valence electrons. The molecule has 0 aromatic rings. The van der Waals surface area contributed by atoms with Crippen molar-refractivity contribution in [3.8, 4) is 0 Å². The summed E-state index contributed by atoms with van der Waals surface area (Å²) in [7, 11) is 5.57. The Balaban J connectivity index is 3.79. The largest absolute Gasteiger partial charge is 0.401 e. The molecule has 0 saturated carbocycles. The van der Waals surface area contributed by atoms with Crippen molar-refractivity contribution in [1.82, 2.24) is 15.1 Å². The van der Waals surface area contributed by atoms with Crippen molar-refractivity contribution in [3.05, 3.63) is 0 Å². The summed E-state index contributed by atoms with van der Waals surface area (Å²) in [5.41, 5.74) is 0. The molecule has 0 atom stereocenters. The van der Waals surface area contributed by atoms with E-state index in [-0.39, 0.29) is 0 Å². The number of nitrogens with one attached hydrogen (secondary N) is 1. The monoisotopic (exact) mass is 271 g/mol. The number of ether oxygens (including phenoxy) is 1. The van der Waals surface area contributed by atoms with E-state index in [1.165, 1.54) is 4.90 Å². The van der Waals surface area contributed by atoms with Gasteiger partial charge in [-0.15, -0.1) is 0 Å². The molecule has 0 saturated heterocycles. The maximum atomic E-state index is 12.3. The molecule has 18 heavy (non-hydrogen) atoms. The second-order valence-electron chi connectivity index (χ2n) is 4.41. The average Bonchev–Trinajstić information content (AvgIpc) is 2.22. The third-order valence-corrected chi connectivity index (χ3v) is 2.32. The second kappa shape index (κ2) is 9.55. The predicted molar refractivity (Wildman–Crippen MR) is 65.8 cm³/mol. The van der Waals surface area contributed by atoms with Gasteiger partial charge in [-0.25, -0.2) is 0 Å². The summed E-state index contributed by atoms with van der Waals surface area (Å²) in [4.78, 5) is 3.32. The van der Waals surface area contributed by atoms with E-state index in [4.69, 9.17) is 4.74 Å². The molecular weight excluding hydrogens is 247 g/mol. The van der Waals surface area contributed by atoms with E-state index < -0.39 is 12.7 Å². The highest BCUT2D eigenvalue weighted by Gasteiger charge is 2.30. The summed E-state index contributed by atoms with van der Waals surface area (Å²) in [5, 5.41) is 2.84. The topological polar surface area (TPSA) is 27.7 Å². The van der Waals surface area contributed by atoms with Crippen molar-refractivity contribution in [1.29, 1.82) is 0 Å². The molecule has 4 nitrogen and oxygen atoms in total. The van der Waals surface area contributed by atoms with Gasteiger partial charge in [0.2, 0.25) is 0 Å². The van der Waals surface area contributed by atoms with Gasteiger partial charge in [-0.2, -0.15) is 13.2 Å². The predicted octanol–water partition coefficient (Wildman–Crippen LogP) is 0.648. The average molecular weight is 271 g/mol. The summed E-state index contributed by atoms with van der Waals surface area (Å²) >= 11 is 0. The molecule has 0 radical (unpaired) electrons. The Morgan fingerprint density at radius 3 is 2.17 bits per heavy atom. The van der Waals surface area contributed by atoms with Crippen LogP contribution in [0.15, 0.2) is 0 Å². The van der Waals surface area contributed by atoms with E-state index in [0.29, 0.717) is 32.8 Å². The van der Waals surface area contributed by atoms with Gasteiger partial charge in [0.05, 0.1) is 19.8 Å². The zero-order valence-electron chi connectivity index (χ0n) is 11.4. The molecule has 0 spiro atoms. The van der Waals surface area contributed by atoms with Gasteiger partial charge >= 0.3 is 6.18 Å². The SMILES string of the molecule is CNCCN(CCOCCN(C)C)CC(F)(F)F. The molecule has 0 fully saturated rings. The van der Waals surface area contributed by atoms with Crippen LogP contribution in [0, 0.1) is 0 Å². The standard InChI is InChI=1S/C11H24F3N3O/c1-15-4-5-17(10-11(12,13)14)7-9-18-8-6-16(2)3/h15H,4-10H2,1-3H3. The highest BCUT2D eigenvalue weighted by Crippen LogP contribution is 2.15. The van der Waals surface area contributed by atoms with E-state index in [1.807, 2.05) is 19.0 Å². The minimum absolute atomic E-state index is 0.300. The minimum atomic E-state index is -4.16. The fourth-order valence-electron chi connectivity index (χ4n) is 1.34. The van der Waals surface area contributed by atoms with Crippen molar-refractivity contribution >= 4 is 0 Å². The van der Waals surface area contributed by atoms with Gasteiger partial charge in [0.25, 0.3) is 0 Å². The van der Waals surface area contributed by atoms with Crippen LogP contribution in [0.4, 0.5) is 13.2 Å². The van der Waals surface area contributed by atoms with Crippen LogP contribution in [0.5, 0.6) is 0 Å². The van der Waals surface area contributed by atoms with Gasteiger partial charge in [-0.3, -0.25) is 4.90 Å². The maximum Gasteiger partial charge on any atom is 0.401 e. The highest BCUT2D eigenvalue weighted by molar-refractivity contribution is 4.64. The molecule has 0 aromatic heterocycles. The summed E-state index contributed by atoms with van der Waals surface area (Å²) in [5.74, 6) is 0. The lowest BCUT2D eigenvalue weighted by Crippen LogP contribution is -2.40. The molecule has 0 heterocycles. The number of alkyl halides is 3. The van der Waals surface area contributed by atoms with Crippen LogP contribution in [-0.4, -0.2) is 83.1 Å². The van der Waals surface area contributed by atoms with Crippen LogP contribution in [-0.2, 0) is 4.74 Å². The van der Waals surface area contributed by atoms with Crippen molar-refractivity contribution in [2.45, 2.75) is 6.18 Å². The molecule has 0 amide bonds. The molecule has 0 aliphatic carbocycles. The zero-order chi connectivity index (χ0) is 14.0. The first-order chi connectivity index (χ1) is 8.35. The zero-order valence-corrected chi connectivity index (χ0v) is 11.4. The number of nitrogens with zero attached hydrogens (tertiary/aromatic N) is 2. The van der Waals surface area contributed by atoms with Crippen LogP contribution in [0.2, 0.25) is 0 Å². The molecule has 7 heteroatoms. The van der Waals surface area contributed by atoms with Gasteiger partial charge < -0.3 is 15.0 Å². The Bertz CT molecular complexity index is 200. The summed E-state index contributed by atoms with van der Waals surface area (Å²) in [6, 6.07) is 0. The quantitative estimate of drug-likeness (QED) is 0.590. The van der Waals surface area contributed by atoms with Gasteiger partial charge in [-0.05, 0) is 21.1 Å². The number of hydrogen-bond acceptors (Lipinski definition) is 4. The summed E-state index contributed by atoms with van der Waals surface area (Å²) in [6.45, 7) is 1.96. The lowest BCUT2D eigenvalue weighted by atomic mass is 10.4. The number of hydrogen-bond donors (Lipinski definition) is 1. The van der Waals surface area contributed by atoms with Gasteiger partial charge in [0, 0.05) is 26.2 Å². The van der Waals surface area contributed by atoms with Gasteiger partial charge in [0.15, 0.2) is 0 Å². The van der Waals surface area contributed by atoms with Crippen molar-refractivity contribution in [2.75, 3.05) is 67.1 Å². The molecule has 0 aliphatic rings. The Labute approximate surface area is 107 Å². The highest BCUT2D eigenvalue weighted by atomic mass is 19.4. The second-order valence-corrected chi connectivity index (χ2v) is 4.41. The third-order valence-electron chi connectivity index (χ3n) is 2.32. The minimum Gasteiger partial charge on any atom is -0.379 e. The first-order valence-corrected chi connectivity index (χ1v) is 6.01. The summed E-state index contributed by atoms with van der Waals surface area (Å²) in [6.07, 6.45) is -4.16. The molecule has 0 aromatic carbocycles. The van der Waals surface area contributed by atoms with Crippen LogP contribution in [0.25, 0.3) is 0 Å². The molecule has 0 rings (SSSR count). The van der Waals surface area contributed by atoms with E-state index in [1.54, 1.807) is 7.05 Å². The summed E-state index contributed by atoms with van der Waals surface area (Å²) < 4.78 is 42.2. The molecule has 1 N–H and O–H groups in total.